The van der Waals surface area contributed by atoms with Gasteiger partial charge in [-0.3, -0.25) is 4.98 Å². The minimum atomic E-state index is -0.441. The minimum Gasteiger partial charge on any atom is -0.388 e. The Morgan fingerprint density at radius 3 is 2.24 bits per heavy atom. The zero-order valence-electron chi connectivity index (χ0n) is 10.0. The molecule has 0 aliphatic heterocycles. The van der Waals surface area contributed by atoms with Crippen molar-refractivity contribution in [2.45, 2.75) is 25.9 Å². The average Bonchev–Trinajstić information content (AvgIpc) is 2.40. The number of benzene rings is 1. The van der Waals surface area contributed by atoms with Crippen LogP contribution in [0.5, 0.6) is 0 Å². The van der Waals surface area contributed by atoms with Gasteiger partial charge in [0.1, 0.15) is 0 Å². The molecule has 0 radical (unpaired) electrons. The molecule has 2 aromatic rings. The van der Waals surface area contributed by atoms with Gasteiger partial charge in [-0.05, 0) is 35.2 Å². The van der Waals surface area contributed by atoms with E-state index in [2.05, 4.69) is 24.0 Å². The molecule has 1 N–H and O–H groups in total. The Bertz CT molecular complexity index is 450. The predicted octanol–water partition coefficient (Wildman–Crippen LogP) is 2.92. The van der Waals surface area contributed by atoms with Crippen molar-refractivity contribution in [1.29, 1.82) is 0 Å². The number of hydrogen-bond donors (Lipinski definition) is 1. The van der Waals surface area contributed by atoms with Crippen LogP contribution < -0.4 is 0 Å². The monoisotopic (exact) mass is 227 g/mol. The van der Waals surface area contributed by atoms with Crippen molar-refractivity contribution in [3.63, 3.8) is 0 Å². The third-order valence-corrected chi connectivity index (χ3v) is 2.95. The summed E-state index contributed by atoms with van der Waals surface area (Å²) in [4.78, 5) is 3.97. The van der Waals surface area contributed by atoms with Crippen LogP contribution in [0.25, 0.3) is 0 Å². The van der Waals surface area contributed by atoms with Crippen LogP contribution in [0.2, 0.25) is 0 Å². The molecule has 17 heavy (non-hydrogen) atoms. The standard InChI is InChI=1S/C15H17NO/c1-2-12-3-5-14(6-4-12)15(17)11-13-7-9-16-10-8-13/h3-10,15,17H,2,11H2,1H3. The highest BCUT2D eigenvalue weighted by molar-refractivity contribution is 5.25. The molecule has 0 aliphatic carbocycles. The van der Waals surface area contributed by atoms with Crippen molar-refractivity contribution in [2.75, 3.05) is 0 Å². The number of aromatic nitrogens is 1. The molecule has 2 heteroatoms. The van der Waals surface area contributed by atoms with Gasteiger partial charge >= 0.3 is 0 Å². The van der Waals surface area contributed by atoms with Crippen molar-refractivity contribution >= 4 is 0 Å². The summed E-state index contributed by atoms with van der Waals surface area (Å²) >= 11 is 0. The molecule has 88 valence electrons. The van der Waals surface area contributed by atoms with Crippen LogP contribution in [0.3, 0.4) is 0 Å². The lowest BCUT2D eigenvalue weighted by Crippen LogP contribution is -2.01. The number of rotatable bonds is 4. The lowest BCUT2D eigenvalue weighted by atomic mass is 10.0. The van der Waals surface area contributed by atoms with Crippen molar-refractivity contribution in [2.24, 2.45) is 0 Å². The maximum Gasteiger partial charge on any atom is 0.0830 e. The predicted molar refractivity (Wildman–Crippen MR) is 68.7 cm³/mol. The summed E-state index contributed by atoms with van der Waals surface area (Å²) in [6.07, 6.45) is 4.72. The van der Waals surface area contributed by atoms with Gasteiger partial charge in [0.15, 0.2) is 0 Å². The van der Waals surface area contributed by atoms with Gasteiger partial charge in [0.25, 0.3) is 0 Å². The van der Waals surface area contributed by atoms with Gasteiger partial charge in [-0.2, -0.15) is 0 Å². The van der Waals surface area contributed by atoms with E-state index >= 15 is 0 Å². The Labute approximate surface area is 102 Å². The molecule has 1 heterocycles. The Morgan fingerprint density at radius 1 is 1.00 bits per heavy atom. The summed E-state index contributed by atoms with van der Waals surface area (Å²) in [6.45, 7) is 2.13. The first-order valence-electron chi connectivity index (χ1n) is 5.95. The molecule has 0 fully saturated rings. The smallest absolute Gasteiger partial charge is 0.0830 e. The fraction of sp³-hybridized carbons (Fsp3) is 0.267. The summed E-state index contributed by atoms with van der Waals surface area (Å²) in [6, 6.07) is 12.0. The third kappa shape index (κ3) is 3.14. The molecule has 1 aromatic carbocycles. The number of hydrogen-bond acceptors (Lipinski definition) is 2. The van der Waals surface area contributed by atoms with Crippen LogP contribution in [0.4, 0.5) is 0 Å². The van der Waals surface area contributed by atoms with E-state index in [-0.39, 0.29) is 0 Å². The van der Waals surface area contributed by atoms with E-state index in [0.29, 0.717) is 6.42 Å². The quantitative estimate of drug-likeness (QED) is 0.871. The maximum atomic E-state index is 10.1. The van der Waals surface area contributed by atoms with Gasteiger partial charge < -0.3 is 5.11 Å². The highest BCUT2D eigenvalue weighted by atomic mass is 16.3. The number of aliphatic hydroxyl groups excluding tert-OH is 1. The zero-order chi connectivity index (χ0) is 12.1. The van der Waals surface area contributed by atoms with Gasteiger partial charge in [0, 0.05) is 18.8 Å². The Balaban J connectivity index is 2.06. The van der Waals surface area contributed by atoms with Crippen molar-refractivity contribution in [1.82, 2.24) is 4.98 Å². The fourth-order valence-corrected chi connectivity index (χ4v) is 1.84. The normalized spacial score (nSPS) is 12.4. The SMILES string of the molecule is CCc1ccc(C(O)Cc2ccncc2)cc1. The molecule has 0 saturated heterocycles. The van der Waals surface area contributed by atoms with Gasteiger partial charge in [-0.25, -0.2) is 0 Å². The van der Waals surface area contributed by atoms with Gasteiger partial charge in [0.2, 0.25) is 0 Å². The Morgan fingerprint density at radius 2 is 1.65 bits per heavy atom. The lowest BCUT2D eigenvalue weighted by molar-refractivity contribution is 0.178. The van der Waals surface area contributed by atoms with Gasteiger partial charge in [-0.15, -0.1) is 0 Å². The van der Waals surface area contributed by atoms with E-state index < -0.39 is 6.10 Å². The minimum absolute atomic E-state index is 0.441. The van der Waals surface area contributed by atoms with Crippen molar-refractivity contribution < 1.29 is 5.11 Å². The second kappa shape index (κ2) is 5.60. The second-order valence-electron chi connectivity index (χ2n) is 4.17. The summed E-state index contributed by atoms with van der Waals surface area (Å²) < 4.78 is 0. The number of aryl methyl sites for hydroxylation is 1. The lowest BCUT2D eigenvalue weighted by Gasteiger charge is -2.11. The van der Waals surface area contributed by atoms with Crippen molar-refractivity contribution in [3.8, 4) is 0 Å². The molecule has 0 spiro atoms. The van der Waals surface area contributed by atoms with E-state index in [0.717, 1.165) is 17.5 Å². The summed E-state index contributed by atoms with van der Waals surface area (Å²) in [5, 5.41) is 10.1. The average molecular weight is 227 g/mol. The molecule has 2 rings (SSSR count). The first-order chi connectivity index (χ1) is 8.29. The Kier molecular flexibility index (Phi) is 3.89. The van der Waals surface area contributed by atoms with Crippen LogP contribution in [0, 0.1) is 0 Å². The van der Waals surface area contributed by atoms with Crippen LogP contribution in [0.1, 0.15) is 29.7 Å². The number of nitrogens with zero attached hydrogens (tertiary/aromatic N) is 1. The molecule has 0 amide bonds. The first-order valence-corrected chi connectivity index (χ1v) is 5.95. The summed E-state index contributed by atoms with van der Waals surface area (Å²) in [5.74, 6) is 0. The van der Waals surface area contributed by atoms with E-state index in [1.54, 1.807) is 12.4 Å². The fourth-order valence-electron chi connectivity index (χ4n) is 1.84. The molecule has 0 aliphatic rings. The first kappa shape index (κ1) is 11.8. The molecular formula is C15H17NO. The third-order valence-electron chi connectivity index (χ3n) is 2.95. The van der Waals surface area contributed by atoms with Crippen LogP contribution >= 0.6 is 0 Å². The van der Waals surface area contributed by atoms with Gasteiger partial charge in [-0.1, -0.05) is 31.2 Å². The highest BCUT2D eigenvalue weighted by Crippen LogP contribution is 2.18. The van der Waals surface area contributed by atoms with Crippen LogP contribution in [-0.4, -0.2) is 10.1 Å². The van der Waals surface area contributed by atoms with Crippen LogP contribution in [-0.2, 0) is 12.8 Å². The van der Waals surface area contributed by atoms with Gasteiger partial charge in [0.05, 0.1) is 6.10 Å². The van der Waals surface area contributed by atoms with E-state index in [1.807, 2.05) is 24.3 Å². The Hall–Kier alpha value is -1.67. The molecule has 0 bridgehead atoms. The topological polar surface area (TPSA) is 33.1 Å². The van der Waals surface area contributed by atoms with E-state index in [9.17, 15) is 5.11 Å². The molecule has 1 unspecified atom stereocenters. The molecule has 1 aromatic heterocycles. The highest BCUT2D eigenvalue weighted by Gasteiger charge is 2.08. The molecular weight excluding hydrogens is 210 g/mol. The van der Waals surface area contributed by atoms with E-state index in [1.165, 1.54) is 5.56 Å². The number of aliphatic hydroxyl groups is 1. The molecule has 2 nitrogen and oxygen atoms in total. The second-order valence-corrected chi connectivity index (χ2v) is 4.17. The summed E-state index contributed by atoms with van der Waals surface area (Å²) in [7, 11) is 0. The van der Waals surface area contributed by atoms with Crippen LogP contribution in [0.15, 0.2) is 48.8 Å². The zero-order valence-corrected chi connectivity index (χ0v) is 10.0. The number of pyridine rings is 1. The maximum absolute atomic E-state index is 10.1. The van der Waals surface area contributed by atoms with E-state index in [4.69, 9.17) is 0 Å². The molecule has 0 saturated carbocycles. The molecule has 1 atom stereocenters. The van der Waals surface area contributed by atoms with Crippen molar-refractivity contribution in [3.05, 3.63) is 65.5 Å². The summed E-state index contributed by atoms with van der Waals surface area (Å²) in [5.41, 5.74) is 3.37. The largest absolute Gasteiger partial charge is 0.388 e.